The lowest BCUT2D eigenvalue weighted by Gasteiger charge is -2.10. The quantitative estimate of drug-likeness (QED) is 0.332. The molecule has 1 aromatic heterocycles. The number of amides is 1. The number of hydrogen-bond acceptors (Lipinski definition) is 6. The van der Waals surface area contributed by atoms with Gasteiger partial charge in [-0.15, -0.1) is 0 Å². The van der Waals surface area contributed by atoms with Crippen LogP contribution in [-0.4, -0.2) is 38.4 Å². The number of ether oxygens (including phenoxy) is 3. The van der Waals surface area contributed by atoms with Crippen molar-refractivity contribution in [2.75, 3.05) is 21.3 Å². The van der Waals surface area contributed by atoms with Gasteiger partial charge >= 0.3 is 0 Å². The van der Waals surface area contributed by atoms with Crippen molar-refractivity contribution in [2.45, 2.75) is 0 Å². The van der Waals surface area contributed by atoms with E-state index in [0.29, 0.717) is 39.6 Å². The molecule has 1 heterocycles. The van der Waals surface area contributed by atoms with Crippen molar-refractivity contribution in [3.05, 3.63) is 83.9 Å². The van der Waals surface area contributed by atoms with E-state index < -0.39 is 0 Å². The van der Waals surface area contributed by atoms with Gasteiger partial charge in [-0.05, 0) is 36.4 Å². The minimum absolute atomic E-state index is 0.351. The number of rotatable bonds is 7. The number of carbonyl (C=O) groups excluding carboxylic acids is 1. The topological polar surface area (TPSA) is 82.0 Å². The highest BCUT2D eigenvalue weighted by Gasteiger charge is 2.14. The summed E-state index contributed by atoms with van der Waals surface area (Å²) >= 11 is 0. The average molecular weight is 441 g/mol. The summed E-state index contributed by atoms with van der Waals surface area (Å²) < 4.78 is 16.0. The van der Waals surface area contributed by atoms with E-state index in [2.05, 4.69) is 10.5 Å². The summed E-state index contributed by atoms with van der Waals surface area (Å²) in [6.07, 6.45) is 1.52. The largest absolute Gasteiger partial charge is 0.497 e. The number of para-hydroxylation sites is 2. The van der Waals surface area contributed by atoms with Gasteiger partial charge in [0.05, 0.1) is 44.3 Å². The van der Waals surface area contributed by atoms with E-state index in [-0.39, 0.29) is 5.91 Å². The van der Waals surface area contributed by atoms with Crippen LogP contribution in [0.2, 0.25) is 0 Å². The summed E-state index contributed by atoms with van der Waals surface area (Å²) in [6, 6.07) is 22.2. The number of nitrogens with zero attached hydrogens (tertiary/aromatic N) is 2. The Labute approximate surface area is 191 Å². The molecule has 0 unspecified atom stereocenters. The second-order valence-corrected chi connectivity index (χ2v) is 7.09. The monoisotopic (exact) mass is 441 g/mol. The maximum absolute atomic E-state index is 13.1. The number of pyridine rings is 1. The molecule has 0 fully saturated rings. The van der Waals surface area contributed by atoms with Gasteiger partial charge in [-0.2, -0.15) is 5.10 Å². The number of benzene rings is 3. The molecule has 0 aliphatic rings. The number of carbonyl (C=O) groups is 1. The van der Waals surface area contributed by atoms with Crippen molar-refractivity contribution in [1.82, 2.24) is 10.4 Å². The van der Waals surface area contributed by atoms with Gasteiger partial charge in [-0.3, -0.25) is 4.79 Å². The Bertz CT molecular complexity index is 1330. The Balaban J connectivity index is 1.67. The lowest BCUT2D eigenvalue weighted by Crippen LogP contribution is -2.18. The fourth-order valence-corrected chi connectivity index (χ4v) is 3.53. The van der Waals surface area contributed by atoms with Crippen LogP contribution in [0.25, 0.3) is 22.2 Å². The first kappa shape index (κ1) is 21.8. The standard InChI is InChI=1S/C26H23N3O4/c1-31-19-10-6-8-17(14-19)23-15-21(20-11-4-5-12-22(20)28-23)26(30)29-27-16-18-9-7-13-24(32-2)25(18)33-3/h4-16H,1-3H3,(H,29,30). The van der Waals surface area contributed by atoms with Crippen LogP contribution in [0.3, 0.4) is 0 Å². The summed E-state index contributed by atoms with van der Waals surface area (Å²) in [5.74, 6) is 1.48. The molecular formula is C26H23N3O4. The van der Waals surface area contributed by atoms with E-state index in [1.165, 1.54) is 6.21 Å². The van der Waals surface area contributed by atoms with E-state index in [9.17, 15) is 4.79 Å². The molecule has 33 heavy (non-hydrogen) atoms. The van der Waals surface area contributed by atoms with Gasteiger partial charge in [0, 0.05) is 16.5 Å². The molecule has 0 radical (unpaired) electrons. The van der Waals surface area contributed by atoms with Gasteiger partial charge in [0.1, 0.15) is 5.75 Å². The number of nitrogens with one attached hydrogen (secondary N) is 1. The number of aromatic nitrogens is 1. The van der Waals surface area contributed by atoms with Gasteiger partial charge in [-0.25, -0.2) is 10.4 Å². The minimum Gasteiger partial charge on any atom is -0.497 e. The normalized spacial score (nSPS) is 10.9. The van der Waals surface area contributed by atoms with Crippen LogP contribution in [0.15, 0.2) is 77.9 Å². The highest BCUT2D eigenvalue weighted by molar-refractivity contribution is 6.07. The second-order valence-electron chi connectivity index (χ2n) is 7.09. The Hall–Kier alpha value is -4.39. The number of hydrazone groups is 1. The molecule has 0 saturated heterocycles. The van der Waals surface area contributed by atoms with Crippen LogP contribution in [0.4, 0.5) is 0 Å². The van der Waals surface area contributed by atoms with Gasteiger partial charge < -0.3 is 14.2 Å². The molecule has 0 saturated carbocycles. The average Bonchev–Trinajstić information content (AvgIpc) is 2.87. The number of methoxy groups -OCH3 is 3. The fourth-order valence-electron chi connectivity index (χ4n) is 3.53. The molecule has 3 aromatic carbocycles. The Morgan fingerprint density at radius 1 is 0.909 bits per heavy atom. The number of fused-ring (bicyclic) bond motifs is 1. The smallest absolute Gasteiger partial charge is 0.272 e. The first-order chi connectivity index (χ1) is 16.1. The molecule has 0 bridgehead atoms. The third-order valence-electron chi connectivity index (χ3n) is 5.13. The third kappa shape index (κ3) is 4.62. The summed E-state index contributed by atoms with van der Waals surface area (Å²) in [6.45, 7) is 0. The van der Waals surface area contributed by atoms with Gasteiger partial charge in [0.15, 0.2) is 11.5 Å². The lowest BCUT2D eigenvalue weighted by molar-refractivity contribution is 0.0956. The minimum atomic E-state index is -0.351. The molecule has 0 spiro atoms. The fraction of sp³-hybridized carbons (Fsp3) is 0.115. The SMILES string of the molecule is COc1cccc(-c2cc(C(=O)NN=Cc3cccc(OC)c3OC)c3ccccc3n2)c1. The Kier molecular flexibility index (Phi) is 6.50. The molecule has 7 nitrogen and oxygen atoms in total. The van der Waals surface area contributed by atoms with Gasteiger partial charge in [0.25, 0.3) is 5.91 Å². The van der Waals surface area contributed by atoms with Crippen LogP contribution >= 0.6 is 0 Å². The molecule has 0 atom stereocenters. The highest BCUT2D eigenvalue weighted by Crippen LogP contribution is 2.30. The molecule has 7 heteroatoms. The Morgan fingerprint density at radius 2 is 1.73 bits per heavy atom. The van der Waals surface area contributed by atoms with E-state index in [1.807, 2.05) is 60.7 Å². The molecule has 166 valence electrons. The molecule has 0 aliphatic carbocycles. The van der Waals surface area contributed by atoms with Crippen molar-refractivity contribution in [1.29, 1.82) is 0 Å². The van der Waals surface area contributed by atoms with Crippen LogP contribution in [0.1, 0.15) is 15.9 Å². The lowest BCUT2D eigenvalue weighted by atomic mass is 10.0. The summed E-state index contributed by atoms with van der Waals surface area (Å²) in [7, 11) is 4.73. The predicted octanol–water partition coefficient (Wildman–Crippen LogP) is 4.69. The van der Waals surface area contributed by atoms with Crippen molar-refractivity contribution >= 4 is 23.0 Å². The van der Waals surface area contributed by atoms with Crippen LogP contribution in [-0.2, 0) is 0 Å². The molecule has 1 amide bonds. The highest BCUT2D eigenvalue weighted by atomic mass is 16.5. The third-order valence-corrected chi connectivity index (χ3v) is 5.13. The maximum Gasteiger partial charge on any atom is 0.272 e. The van der Waals surface area contributed by atoms with Gasteiger partial charge in [-0.1, -0.05) is 36.4 Å². The van der Waals surface area contributed by atoms with Crippen LogP contribution in [0, 0.1) is 0 Å². The van der Waals surface area contributed by atoms with Crippen LogP contribution < -0.4 is 19.6 Å². The summed E-state index contributed by atoms with van der Waals surface area (Å²) in [5, 5.41) is 4.87. The first-order valence-electron chi connectivity index (χ1n) is 10.2. The summed E-state index contributed by atoms with van der Waals surface area (Å²) in [5.41, 5.74) is 5.97. The summed E-state index contributed by atoms with van der Waals surface area (Å²) in [4.78, 5) is 17.8. The molecular weight excluding hydrogens is 418 g/mol. The van der Waals surface area contributed by atoms with Crippen molar-refractivity contribution in [3.8, 4) is 28.5 Å². The van der Waals surface area contributed by atoms with Gasteiger partial charge in [0.2, 0.25) is 0 Å². The van der Waals surface area contributed by atoms with E-state index >= 15 is 0 Å². The van der Waals surface area contributed by atoms with Crippen molar-refractivity contribution < 1.29 is 19.0 Å². The zero-order chi connectivity index (χ0) is 23.2. The molecule has 4 rings (SSSR count). The second kappa shape index (κ2) is 9.82. The van der Waals surface area contributed by atoms with Crippen molar-refractivity contribution in [2.24, 2.45) is 5.10 Å². The van der Waals surface area contributed by atoms with Crippen molar-refractivity contribution in [3.63, 3.8) is 0 Å². The Morgan fingerprint density at radius 3 is 2.52 bits per heavy atom. The number of hydrogen-bond donors (Lipinski definition) is 1. The van der Waals surface area contributed by atoms with Crippen LogP contribution in [0.5, 0.6) is 17.2 Å². The molecule has 4 aromatic rings. The first-order valence-corrected chi connectivity index (χ1v) is 10.2. The van der Waals surface area contributed by atoms with E-state index in [0.717, 1.165) is 10.9 Å². The van der Waals surface area contributed by atoms with E-state index in [1.54, 1.807) is 33.5 Å². The zero-order valence-electron chi connectivity index (χ0n) is 18.5. The van der Waals surface area contributed by atoms with E-state index in [4.69, 9.17) is 19.2 Å². The molecule has 0 aliphatic heterocycles. The zero-order valence-corrected chi connectivity index (χ0v) is 18.5. The molecule has 1 N–H and O–H groups in total. The maximum atomic E-state index is 13.1. The predicted molar refractivity (Wildman–Crippen MR) is 128 cm³/mol.